The van der Waals surface area contributed by atoms with E-state index >= 15 is 0 Å². The minimum Gasteiger partial charge on any atom is -0.387 e. The molecule has 18 heteroatoms. The van der Waals surface area contributed by atoms with E-state index in [0.717, 1.165) is 34.7 Å². The third-order valence-electron chi connectivity index (χ3n) is 12.5. The second-order valence-corrected chi connectivity index (χ2v) is 17.3. The highest BCUT2D eigenvalue weighted by molar-refractivity contribution is 6.30. The zero-order valence-electron chi connectivity index (χ0n) is 36.8. The van der Waals surface area contributed by atoms with Crippen molar-refractivity contribution in [3.8, 4) is 0 Å². The third kappa shape index (κ3) is 11.7. The normalized spacial score (nSPS) is 19.9. The number of nitrogens with one attached hydrogen (secondary N) is 2. The number of piperidine rings is 1. The first-order valence-corrected chi connectivity index (χ1v) is 23.0. The summed E-state index contributed by atoms with van der Waals surface area (Å²) in [7, 11) is 0. The minimum atomic E-state index is -1.00. The first kappa shape index (κ1) is 47.6. The lowest BCUT2D eigenvalue weighted by atomic mass is 9.91. The molecule has 1 aromatic heterocycles. The SMILES string of the molecule is C[C@@H]1C[C@@H](O)c2ncnc(N3CCN(C(=O)[C@H](CCCCNC(=O)CCOCCOCCOCCCc4cccc5c4C(=O)N(C4CCC(=O)NC4=O)C5=O)c4ccc(Cl)cc4)CC3)c21. The molecule has 1 unspecified atom stereocenters. The lowest BCUT2D eigenvalue weighted by molar-refractivity contribution is -0.136. The van der Waals surface area contributed by atoms with Crippen LogP contribution < -0.4 is 15.5 Å². The number of ether oxygens (including phenoxy) is 3. The van der Waals surface area contributed by atoms with Crippen molar-refractivity contribution >= 4 is 52.9 Å². The van der Waals surface area contributed by atoms with Crippen LogP contribution in [0.15, 0.2) is 48.8 Å². The fourth-order valence-corrected chi connectivity index (χ4v) is 9.22. The standard InChI is InChI=1S/C47H58ClN7O10/c1-30-28-37(56)42-40(30)43(51-29-50-42)53-18-20-54(21-19-53)45(60)34(31-10-12-33(48)13-11-31)8-2-3-17-49-38(57)16-23-64-25-27-65-26-24-63-22-5-7-32-6-4-9-35-41(32)47(62)55(46(35)61)36-14-15-39(58)52-44(36)59/h4,6,9-13,29-30,34,36-37,56H,2-3,5,7-8,14-28H2,1H3,(H,49,57)(H,52,58,59)/t30-,34-,36?,37-/m1/s1. The van der Waals surface area contributed by atoms with Crippen LogP contribution in [-0.4, -0.2) is 139 Å². The summed E-state index contributed by atoms with van der Waals surface area (Å²) in [5.74, 6) is -1.44. The van der Waals surface area contributed by atoms with Gasteiger partial charge in [0.15, 0.2) is 0 Å². The molecule has 7 rings (SSSR count). The van der Waals surface area contributed by atoms with E-state index in [1.54, 1.807) is 18.2 Å². The van der Waals surface area contributed by atoms with Gasteiger partial charge in [-0.1, -0.05) is 49.2 Å². The molecule has 3 N–H and O–H groups in total. The Morgan fingerprint density at radius 3 is 2.35 bits per heavy atom. The van der Waals surface area contributed by atoms with E-state index in [1.165, 1.54) is 6.33 Å². The summed E-state index contributed by atoms with van der Waals surface area (Å²) in [5, 5.41) is 16.2. The lowest BCUT2D eigenvalue weighted by Crippen LogP contribution is -2.54. The first-order valence-electron chi connectivity index (χ1n) is 22.7. The van der Waals surface area contributed by atoms with Crippen LogP contribution in [0.2, 0.25) is 5.02 Å². The summed E-state index contributed by atoms with van der Waals surface area (Å²) in [5.41, 5.74) is 3.91. The maximum atomic E-state index is 14.0. The molecule has 2 aromatic carbocycles. The number of unbranched alkanes of at least 4 members (excludes halogenated alkanes) is 1. The van der Waals surface area contributed by atoms with E-state index in [4.69, 9.17) is 25.8 Å². The number of aliphatic hydroxyl groups is 1. The van der Waals surface area contributed by atoms with E-state index in [9.17, 15) is 33.9 Å². The van der Waals surface area contributed by atoms with Crippen molar-refractivity contribution in [2.24, 2.45) is 0 Å². The summed E-state index contributed by atoms with van der Waals surface area (Å²) >= 11 is 6.19. The molecule has 6 amide bonds. The van der Waals surface area contributed by atoms with Gasteiger partial charge < -0.3 is 34.4 Å². The van der Waals surface area contributed by atoms with Crippen LogP contribution in [0.4, 0.5) is 5.82 Å². The number of anilines is 1. The van der Waals surface area contributed by atoms with Gasteiger partial charge >= 0.3 is 0 Å². The van der Waals surface area contributed by atoms with Gasteiger partial charge in [-0.05, 0) is 73.8 Å². The second kappa shape index (κ2) is 22.7. The summed E-state index contributed by atoms with van der Waals surface area (Å²) in [6, 6.07) is 11.5. The molecular formula is C47H58ClN7O10. The number of hydrogen-bond donors (Lipinski definition) is 3. The number of rotatable bonds is 22. The van der Waals surface area contributed by atoms with Gasteiger partial charge in [0.2, 0.25) is 23.6 Å². The van der Waals surface area contributed by atoms with E-state index in [1.807, 2.05) is 29.2 Å². The molecule has 17 nitrogen and oxygen atoms in total. The average Bonchev–Trinajstić information content (AvgIpc) is 3.74. The van der Waals surface area contributed by atoms with Gasteiger partial charge in [0.05, 0.1) is 61.9 Å². The molecule has 3 aliphatic heterocycles. The second-order valence-electron chi connectivity index (χ2n) is 16.9. The molecule has 0 bridgehead atoms. The minimum absolute atomic E-state index is 0.0659. The number of imide groups is 2. The average molecular weight is 916 g/mol. The Morgan fingerprint density at radius 1 is 0.892 bits per heavy atom. The maximum absolute atomic E-state index is 14.0. The van der Waals surface area contributed by atoms with Crippen molar-refractivity contribution in [2.45, 2.75) is 88.7 Å². The fourth-order valence-electron chi connectivity index (χ4n) is 9.10. The Morgan fingerprint density at radius 2 is 1.62 bits per heavy atom. The summed E-state index contributed by atoms with van der Waals surface area (Å²) < 4.78 is 16.9. The van der Waals surface area contributed by atoms with Crippen molar-refractivity contribution in [2.75, 3.05) is 77.3 Å². The molecular weight excluding hydrogens is 858 g/mol. The number of fused-ring (bicyclic) bond motifs is 2. The Bertz CT molecular complexity index is 2200. The largest absolute Gasteiger partial charge is 0.387 e. The van der Waals surface area contributed by atoms with Crippen molar-refractivity contribution < 1.29 is 48.1 Å². The number of halogens is 1. The highest BCUT2D eigenvalue weighted by atomic mass is 35.5. The van der Waals surface area contributed by atoms with Crippen molar-refractivity contribution in [1.29, 1.82) is 0 Å². The van der Waals surface area contributed by atoms with Gasteiger partial charge in [-0.15, -0.1) is 0 Å². The highest BCUT2D eigenvalue weighted by Crippen LogP contribution is 2.43. The molecule has 4 aliphatic rings. The van der Waals surface area contributed by atoms with E-state index in [2.05, 4.69) is 32.4 Å². The van der Waals surface area contributed by atoms with Crippen molar-refractivity contribution in [3.63, 3.8) is 0 Å². The Balaban J connectivity index is 0.725. The number of aromatic nitrogens is 2. The van der Waals surface area contributed by atoms with Crippen LogP contribution in [0.1, 0.15) is 119 Å². The number of hydrogen-bond acceptors (Lipinski definition) is 13. The molecule has 0 radical (unpaired) electrons. The molecule has 65 heavy (non-hydrogen) atoms. The van der Waals surface area contributed by atoms with E-state index in [-0.39, 0.29) is 55.1 Å². The number of amides is 6. The van der Waals surface area contributed by atoms with Gasteiger partial charge in [-0.25, -0.2) is 9.97 Å². The molecule has 3 aromatic rings. The Labute approximate surface area is 383 Å². The number of carbonyl (C=O) groups is 6. The van der Waals surface area contributed by atoms with Crippen molar-refractivity contribution in [3.05, 3.63) is 87.3 Å². The smallest absolute Gasteiger partial charge is 0.262 e. The zero-order chi connectivity index (χ0) is 45.9. The van der Waals surface area contributed by atoms with Crippen LogP contribution in [0, 0.1) is 0 Å². The predicted octanol–water partition coefficient (Wildman–Crippen LogP) is 3.86. The van der Waals surface area contributed by atoms with Crippen LogP contribution in [0.5, 0.6) is 0 Å². The Kier molecular flexibility index (Phi) is 16.6. The predicted molar refractivity (Wildman–Crippen MR) is 238 cm³/mol. The van der Waals surface area contributed by atoms with E-state index in [0.29, 0.717) is 113 Å². The quantitative estimate of drug-likeness (QED) is 0.0968. The molecule has 348 valence electrons. The number of aliphatic hydroxyl groups excluding tert-OH is 1. The summed E-state index contributed by atoms with van der Waals surface area (Å²) in [6.07, 6.45) is 5.17. The van der Waals surface area contributed by atoms with Crippen LogP contribution in [0.3, 0.4) is 0 Å². The molecule has 2 fully saturated rings. The third-order valence-corrected chi connectivity index (χ3v) is 12.7. The molecule has 4 heterocycles. The maximum Gasteiger partial charge on any atom is 0.262 e. The highest BCUT2D eigenvalue weighted by Gasteiger charge is 2.45. The fraction of sp³-hybridized carbons (Fsp3) is 0.532. The van der Waals surface area contributed by atoms with Crippen LogP contribution in [0.25, 0.3) is 0 Å². The molecule has 1 aliphatic carbocycles. The van der Waals surface area contributed by atoms with Crippen LogP contribution in [-0.2, 0) is 39.8 Å². The zero-order valence-corrected chi connectivity index (χ0v) is 37.6. The summed E-state index contributed by atoms with van der Waals surface area (Å²) in [6.45, 7) is 7.05. The number of piperazine rings is 1. The number of benzene rings is 2. The molecule has 2 saturated heterocycles. The van der Waals surface area contributed by atoms with Gasteiger partial charge in [0.25, 0.3) is 11.8 Å². The molecule has 0 saturated carbocycles. The van der Waals surface area contributed by atoms with Gasteiger partial charge in [0.1, 0.15) is 18.2 Å². The lowest BCUT2D eigenvalue weighted by Gasteiger charge is -2.38. The number of aryl methyl sites for hydroxylation is 1. The number of nitrogens with zero attached hydrogens (tertiary/aromatic N) is 5. The van der Waals surface area contributed by atoms with Gasteiger partial charge in [-0.2, -0.15) is 0 Å². The topological polar surface area (TPSA) is 210 Å². The van der Waals surface area contributed by atoms with Gasteiger partial charge in [0, 0.05) is 62.8 Å². The molecule has 0 spiro atoms. The Hall–Kier alpha value is -5.33. The monoisotopic (exact) mass is 915 g/mol. The van der Waals surface area contributed by atoms with Gasteiger partial charge in [-0.3, -0.25) is 39.0 Å². The van der Waals surface area contributed by atoms with E-state index < -0.39 is 35.8 Å². The molecule has 4 atom stereocenters. The first-order chi connectivity index (χ1) is 31.5. The summed E-state index contributed by atoms with van der Waals surface area (Å²) in [4.78, 5) is 90.8. The number of carbonyl (C=O) groups excluding carboxylic acids is 6. The van der Waals surface area contributed by atoms with Crippen LogP contribution >= 0.6 is 11.6 Å². The van der Waals surface area contributed by atoms with Crippen molar-refractivity contribution in [1.82, 2.24) is 30.4 Å².